The lowest BCUT2D eigenvalue weighted by molar-refractivity contribution is 0.107. The molecule has 238 valence electrons. The van der Waals surface area contributed by atoms with Gasteiger partial charge >= 0.3 is 6.01 Å². The first-order valence-electron chi connectivity index (χ1n) is 16.8. The highest BCUT2D eigenvalue weighted by molar-refractivity contribution is 6.09. The molecule has 5 saturated heterocycles. The Bertz CT molecular complexity index is 1870. The number of piperazine rings is 1. The van der Waals surface area contributed by atoms with Crippen LogP contribution in [0.2, 0.25) is 0 Å². The fourth-order valence-electron chi connectivity index (χ4n) is 9.84. The van der Waals surface area contributed by atoms with Crippen molar-refractivity contribution in [3.8, 4) is 11.8 Å². The predicted molar refractivity (Wildman–Crippen MR) is 171 cm³/mol. The molecule has 11 heteroatoms. The maximum atomic E-state index is 15.9. The van der Waals surface area contributed by atoms with Gasteiger partial charge in [-0.05, 0) is 61.2 Å². The van der Waals surface area contributed by atoms with Crippen LogP contribution < -0.4 is 15.0 Å². The zero-order valence-corrected chi connectivity index (χ0v) is 25.8. The summed E-state index contributed by atoms with van der Waals surface area (Å²) in [5, 5.41) is 23.1. The van der Waals surface area contributed by atoms with Gasteiger partial charge in [-0.25, -0.2) is 8.78 Å². The first kappa shape index (κ1) is 27.3. The van der Waals surface area contributed by atoms with E-state index in [1.807, 2.05) is 13.1 Å². The van der Waals surface area contributed by atoms with Gasteiger partial charge < -0.3 is 20.1 Å². The van der Waals surface area contributed by atoms with Crippen LogP contribution in [0.5, 0.6) is 11.8 Å². The molecule has 2 aromatic carbocycles. The molecule has 1 aromatic heterocycles. The average Bonchev–Trinajstić information content (AvgIpc) is 3.77. The van der Waals surface area contributed by atoms with Crippen molar-refractivity contribution in [1.82, 2.24) is 25.2 Å². The number of hydrazone groups is 1. The van der Waals surface area contributed by atoms with Crippen LogP contribution in [0.4, 0.5) is 14.6 Å². The third-order valence-corrected chi connectivity index (χ3v) is 11.9. The van der Waals surface area contributed by atoms with Crippen LogP contribution in [0.3, 0.4) is 0 Å². The molecule has 0 spiro atoms. The van der Waals surface area contributed by atoms with E-state index >= 15 is 4.39 Å². The second kappa shape index (κ2) is 9.60. The number of ether oxygens (including phenoxy) is 1. The van der Waals surface area contributed by atoms with Crippen LogP contribution in [-0.4, -0.2) is 87.8 Å². The van der Waals surface area contributed by atoms with E-state index in [0.29, 0.717) is 49.7 Å². The number of nitrogens with one attached hydrogen (secondary N) is 1. The van der Waals surface area contributed by atoms with Crippen LogP contribution in [0.1, 0.15) is 79.8 Å². The zero-order valence-electron chi connectivity index (χ0n) is 25.8. The van der Waals surface area contributed by atoms with E-state index in [-0.39, 0.29) is 29.1 Å². The lowest BCUT2D eigenvalue weighted by atomic mass is 9.74. The summed E-state index contributed by atoms with van der Waals surface area (Å²) in [4.78, 5) is 15.1. The maximum Gasteiger partial charge on any atom is 0.319 e. The Labute approximate surface area is 265 Å². The molecule has 1 aliphatic carbocycles. The second-order valence-corrected chi connectivity index (χ2v) is 14.4. The van der Waals surface area contributed by atoms with Crippen molar-refractivity contribution in [2.45, 2.75) is 81.2 Å². The first-order valence-corrected chi connectivity index (χ1v) is 16.8. The monoisotopic (exact) mass is 625 g/mol. The molecule has 0 radical (unpaired) electrons. The topological polar surface area (TPSA) is 89.4 Å². The van der Waals surface area contributed by atoms with Gasteiger partial charge in [0, 0.05) is 79.0 Å². The quantitative estimate of drug-likeness (QED) is 0.414. The first-order chi connectivity index (χ1) is 22.4. The lowest BCUT2D eigenvalue weighted by Gasteiger charge is -2.48. The minimum atomic E-state index is -0.849. The molecule has 8 heterocycles. The Morgan fingerprint density at radius 3 is 2.89 bits per heavy atom. The zero-order chi connectivity index (χ0) is 30.9. The largest absolute Gasteiger partial charge is 0.508 e. The third kappa shape index (κ3) is 3.69. The van der Waals surface area contributed by atoms with E-state index < -0.39 is 6.17 Å². The lowest BCUT2D eigenvalue weighted by Crippen LogP contribution is -2.61. The molecule has 5 fully saturated rings. The Kier molecular flexibility index (Phi) is 5.70. The Balaban J connectivity index is 1.19. The summed E-state index contributed by atoms with van der Waals surface area (Å²) < 4.78 is 37.1. The van der Waals surface area contributed by atoms with Crippen molar-refractivity contribution < 1.29 is 18.6 Å². The summed E-state index contributed by atoms with van der Waals surface area (Å²) in [7, 11) is 0. The Morgan fingerprint density at radius 1 is 1.15 bits per heavy atom. The average molecular weight is 626 g/mol. The van der Waals surface area contributed by atoms with Crippen molar-refractivity contribution in [2.75, 3.05) is 37.7 Å². The number of allylic oxidation sites excluding steroid dienone is 1. The summed E-state index contributed by atoms with van der Waals surface area (Å²) in [6.07, 6.45) is 6.39. The molecule has 2 bridgehead atoms. The van der Waals surface area contributed by atoms with Crippen molar-refractivity contribution in [2.24, 2.45) is 5.10 Å². The molecule has 2 N–H and O–H groups in total. The molecule has 11 rings (SSSR count). The van der Waals surface area contributed by atoms with Crippen LogP contribution in [0.15, 0.2) is 29.4 Å². The smallest absolute Gasteiger partial charge is 0.319 e. The van der Waals surface area contributed by atoms with E-state index in [0.717, 1.165) is 90.0 Å². The van der Waals surface area contributed by atoms with Gasteiger partial charge in [-0.3, -0.25) is 9.91 Å². The molecule has 3 aromatic rings. The van der Waals surface area contributed by atoms with Crippen molar-refractivity contribution in [3.63, 3.8) is 0 Å². The number of halogens is 2. The minimum absolute atomic E-state index is 0.124. The number of phenolic OH excluding ortho intramolecular Hbond substituents is 1. The Hall–Kier alpha value is -3.83. The molecule has 9 nitrogen and oxygen atoms in total. The molecule has 0 saturated carbocycles. The van der Waals surface area contributed by atoms with Gasteiger partial charge in [0.1, 0.15) is 30.2 Å². The third-order valence-electron chi connectivity index (χ3n) is 11.9. The van der Waals surface area contributed by atoms with E-state index in [4.69, 9.17) is 19.8 Å². The van der Waals surface area contributed by atoms with Crippen molar-refractivity contribution in [1.29, 1.82) is 0 Å². The van der Waals surface area contributed by atoms with E-state index in [9.17, 15) is 9.50 Å². The summed E-state index contributed by atoms with van der Waals surface area (Å²) in [5.41, 5.74) is 4.52. The van der Waals surface area contributed by atoms with Crippen LogP contribution in [-0.2, 0) is 0 Å². The molecule has 7 aliphatic heterocycles. The van der Waals surface area contributed by atoms with E-state index in [1.165, 1.54) is 6.07 Å². The van der Waals surface area contributed by atoms with Gasteiger partial charge in [-0.2, -0.15) is 15.1 Å². The van der Waals surface area contributed by atoms with Gasteiger partial charge in [-0.1, -0.05) is 13.0 Å². The summed E-state index contributed by atoms with van der Waals surface area (Å²) in [6, 6.07) is 7.49. The number of hydrogen-bond donors (Lipinski definition) is 2. The Morgan fingerprint density at radius 2 is 2.07 bits per heavy atom. The normalized spacial score (nSPS) is 32.3. The second-order valence-electron chi connectivity index (χ2n) is 14.4. The van der Waals surface area contributed by atoms with E-state index in [2.05, 4.69) is 20.1 Å². The molecule has 8 aliphatic rings. The fourth-order valence-corrected chi connectivity index (χ4v) is 9.84. The number of anilines is 1. The number of nitrogens with zero attached hydrogens (tertiary/aromatic N) is 6. The van der Waals surface area contributed by atoms with Crippen molar-refractivity contribution >= 4 is 34.1 Å². The summed E-state index contributed by atoms with van der Waals surface area (Å²) in [5.74, 6) is 0.373. The highest BCUT2D eigenvalue weighted by Gasteiger charge is 2.50. The summed E-state index contributed by atoms with van der Waals surface area (Å²) in [6.45, 7) is 5.46. The standard InChI is InChI=1S/C35H37F2N7O2/c1-18-27-25(37)6-3-19-11-23(45)12-24(29(19)27)32-28(18)31-30(26-7-9-39-44(26)32)33(43-16-21-4-5-22(43)14-38-21)41-34(40-31)46-17-35-8-2-10-42(35)15-20(36)13-35/h3,6,9,11-12,18,20-22,26,38,45H,2,4-5,7-8,10,13-17H2,1H3/t18?,20-,21?,22?,26?,35+/m1/s1. The number of rotatable bonds is 4. The van der Waals surface area contributed by atoms with Crippen LogP contribution >= 0.6 is 0 Å². The van der Waals surface area contributed by atoms with Gasteiger partial charge in [-0.15, -0.1) is 0 Å². The molecule has 46 heavy (non-hydrogen) atoms. The van der Waals surface area contributed by atoms with Gasteiger partial charge in [0.05, 0.1) is 23.0 Å². The number of benzene rings is 2. The maximum absolute atomic E-state index is 15.9. The number of aromatic hydroxyl groups is 1. The highest BCUT2D eigenvalue weighted by atomic mass is 19.1. The number of alkyl halides is 1. The summed E-state index contributed by atoms with van der Waals surface area (Å²) >= 11 is 0. The number of phenols is 1. The predicted octanol–water partition coefficient (Wildman–Crippen LogP) is 5.10. The van der Waals surface area contributed by atoms with Gasteiger partial charge in [0.25, 0.3) is 0 Å². The van der Waals surface area contributed by atoms with Gasteiger partial charge in [0.15, 0.2) is 0 Å². The molecular formula is C35H37F2N7O2. The highest BCUT2D eigenvalue weighted by Crippen LogP contribution is 2.57. The molecule has 6 atom stereocenters. The number of aromatic nitrogens is 2. The van der Waals surface area contributed by atoms with Crippen LogP contribution in [0.25, 0.3) is 22.0 Å². The van der Waals surface area contributed by atoms with Crippen molar-refractivity contribution in [3.05, 3.63) is 52.5 Å². The van der Waals surface area contributed by atoms with E-state index in [1.54, 1.807) is 18.2 Å². The van der Waals surface area contributed by atoms with Gasteiger partial charge in [0.2, 0.25) is 0 Å². The molecule has 4 unspecified atom stereocenters. The number of piperidine rings is 2. The number of hydrogen-bond acceptors (Lipinski definition) is 9. The minimum Gasteiger partial charge on any atom is -0.508 e. The number of fused-ring (bicyclic) bond motifs is 10. The molecule has 0 amide bonds. The molecular weight excluding hydrogens is 588 g/mol. The SMILES string of the molecule is CC1C2=C(c3cc(O)cc4ccc(F)c1c34)N1N=CCC1c1c2nc(OC[C@@]23CCCN2C[C@H](F)C3)nc1N1CC2CCC1CN2. The fraction of sp³-hybridized carbons (Fsp3) is 0.514. The van der Waals surface area contributed by atoms with Crippen LogP contribution in [0, 0.1) is 5.82 Å².